The molecule has 0 bridgehead atoms. The molecule has 3 nitrogen and oxygen atoms in total. The van der Waals surface area contributed by atoms with Gasteiger partial charge in [0, 0.05) is 10.6 Å². The van der Waals surface area contributed by atoms with Gasteiger partial charge in [-0.15, -0.1) is 11.3 Å². The molecule has 3 rings (SSSR count). The summed E-state index contributed by atoms with van der Waals surface area (Å²) in [7, 11) is 0. The molecule has 0 spiro atoms. The van der Waals surface area contributed by atoms with E-state index in [4.69, 9.17) is 4.74 Å². The third-order valence-corrected chi connectivity index (χ3v) is 4.49. The van der Waals surface area contributed by atoms with E-state index in [1.165, 1.54) is 10.4 Å². The number of anilines is 1. The minimum absolute atomic E-state index is 0.00171. The van der Waals surface area contributed by atoms with Gasteiger partial charge in [-0.25, -0.2) is 0 Å². The van der Waals surface area contributed by atoms with Crippen LogP contribution in [-0.4, -0.2) is 12.5 Å². The van der Waals surface area contributed by atoms with E-state index in [9.17, 15) is 4.79 Å². The number of amides is 1. The van der Waals surface area contributed by atoms with Gasteiger partial charge in [-0.2, -0.15) is 0 Å². The fourth-order valence-electron chi connectivity index (χ4n) is 2.48. The number of carbonyl (C=O) groups excluding carboxylic acids is 1. The maximum absolute atomic E-state index is 12.1. The average Bonchev–Trinajstić information content (AvgIpc) is 2.88. The van der Waals surface area contributed by atoms with E-state index in [-0.39, 0.29) is 12.0 Å². The molecule has 0 saturated heterocycles. The third-order valence-electron chi connectivity index (χ3n) is 3.44. The maximum Gasteiger partial charge on any atom is 0.227 e. The standard InChI is InChI=1S/C16H17NO2S/c1-11-3-2-4-13(9-11)17-15(18)10-14-16-12(5-7-19-14)6-8-20-16/h2-4,6,8-9,14H,5,7,10H2,1H3,(H,17,18). The molecular formula is C16H17NO2S. The number of benzene rings is 1. The number of thiophene rings is 1. The molecule has 1 unspecified atom stereocenters. The molecule has 1 N–H and O–H groups in total. The topological polar surface area (TPSA) is 38.3 Å². The van der Waals surface area contributed by atoms with Crippen molar-refractivity contribution in [2.24, 2.45) is 0 Å². The molecule has 0 saturated carbocycles. The van der Waals surface area contributed by atoms with E-state index in [0.717, 1.165) is 17.7 Å². The van der Waals surface area contributed by atoms with Crippen LogP contribution in [0.15, 0.2) is 35.7 Å². The third kappa shape index (κ3) is 2.92. The van der Waals surface area contributed by atoms with Crippen LogP contribution in [0.25, 0.3) is 0 Å². The molecule has 1 aromatic carbocycles. The molecular weight excluding hydrogens is 270 g/mol. The van der Waals surface area contributed by atoms with Crippen LogP contribution in [0, 0.1) is 6.92 Å². The summed E-state index contributed by atoms with van der Waals surface area (Å²) in [4.78, 5) is 13.3. The number of rotatable bonds is 3. The van der Waals surface area contributed by atoms with Crippen LogP contribution in [0.1, 0.15) is 28.5 Å². The first kappa shape index (κ1) is 13.3. The van der Waals surface area contributed by atoms with Gasteiger partial charge in [0.25, 0.3) is 0 Å². The molecule has 104 valence electrons. The maximum atomic E-state index is 12.1. The van der Waals surface area contributed by atoms with E-state index < -0.39 is 0 Å². The highest BCUT2D eigenvalue weighted by Gasteiger charge is 2.24. The van der Waals surface area contributed by atoms with E-state index in [1.54, 1.807) is 11.3 Å². The normalized spacial score (nSPS) is 17.6. The average molecular weight is 287 g/mol. The molecule has 1 aliphatic rings. The summed E-state index contributed by atoms with van der Waals surface area (Å²) in [5, 5.41) is 5.01. The molecule has 0 radical (unpaired) electrons. The lowest BCUT2D eigenvalue weighted by Crippen LogP contribution is -2.21. The second-order valence-electron chi connectivity index (χ2n) is 5.04. The van der Waals surface area contributed by atoms with Crippen molar-refractivity contribution in [3.8, 4) is 0 Å². The fourth-order valence-corrected chi connectivity index (χ4v) is 3.48. The van der Waals surface area contributed by atoms with Gasteiger partial charge in [0.05, 0.1) is 13.0 Å². The summed E-state index contributed by atoms with van der Waals surface area (Å²) in [5.41, 5.74) is 3.31. The Hall–Kier alpha value is -1.65. The van der Waals surface area contributed by atoms with Crippen molar-refractivity contribution in [2.45, 2.75) is 25.9 Å². The monoisotopic (exact) mass is 287 g/mol. The fraction of sp³-hybridized carbons (Fsp3) is 0.312. The Morgan fingerprint density at radius 1 is 1.45 bits per heavy atom. The SMILES string of the molecule is Cc1cccc(NC(=O)CC2OCCc3ccsc32)c1. The molecule has 1 aliphatic heterocycles. The van der Waals surface area contributed by atoms with Crippen molar-refractivity contribution in [1.29, 1.82) is 0 Å². The summed E-state index contributed by atoms with van der Waals surface area (Å²) in [6.45, 7) is 2.71. The number of carbonyl (C=O) groups is 1. The van der Waals surface area contributed by atoms with Crippen molar-refractivity contribution in [2.75, 3.05) is 11.9 Å². The van der Waals surface area contributed by atoms with E-state index in [1.807, 2.05) is 31.2 Å². The molecule has 2 aromatic rings. The number of aryl methyl sites for hydroxylation is 1. The number of ether oxygens (including phenoxy) is 1. The Balaban J connectivity index is 1.66. The zero-order valence-electron chi connectivity index (χ0n) is 11.4. The lowest BCUT2D eigenvalue weighted by molar-refractivity contribution is -0.119. The highest BCUT2D eigenvalue weighted by molar-refractivity contribution is 7.10. The number of nitrogens with one attached hydrogen (secondary N) is 1. The molecule has 4 heteroatoms. The first-order chi connectivity index (χ1) is 9.72. The van der Waals surface area contributed by atoms with E-state index >= 15 is 0 Å². The first-order valence-corrected chi connectivity index (χ1v) is 7.65. The second kappa shape index (κ2) is 5.77. The van der Waals surface area contributed by atoms with Crippen LogP contribution in [0.2, 0.25) is 0 Å². The van der Waals surface area contributed by atoms with Gasteiger partial charge in [0.15, 0.2) is 0 Å². The lowest BCUT2D eigenvalue weighted by Gasteiger charge is -2.22. The number of fused-ring (bicyclic) bond motifs is 1. The van der Waals surface area contributed by atoms with Crippen molar-refractivity contribution >= 4 is 22.9 Å². The molecule has 1 amide bonds. The smallest absolute Gasteiger partial charge is 0.227 e. The van der Waals surface area contributed by atoms with Crippen molar-refractivity contribution in [3.05, 3.63) is 51.7 Å². The van der Waals surface area contributed by atoms with Gasteiger partial charge < -0.3 is 10.1 Å². The van der Waals surface area contributed by atoms with Gasteiger partial charge in [-0.1, -0.05) is 12.1 Å². The number of hydrogen-bond donors (Lipinski definition) is 1. The Labute approximate surface area is 122 Å². The van der Waals surface area contributed by atoms with Crippen molar-refractivity contribution in [1.82, 2.24) is 0 Å². The van der Waals surface area contributed by atoms with Crippen LogP contribution in [0.5, 0.6) is 0 Å². The summed E-state index contributed by atoms with van der Waals surface area (Å²) in [6.07, 6.45) is 1.24. The van der Waals surface area contributed by atoms with Gasteiger partial charge in [0.1, 0.15) is 6.10 Å². The largest absolute Gasteiger partial charge is 0.372 e. The van der Waals surface area contributed by atoms with Crippen molar-refractivity contribution in [3.63, 3.8) is 0 Å². The Bertz CT molecular complexity index is 620. The van der Waals surface area contributed by atoms with Crippen LogP contribution >= 0.6 is 11.3 Å². The summed E-state index contributed by atoms with van der Waals surface area (Å²) >= 11 is 1.68. The lowest BCUT2D eigenvalue weighted by atomic mass is 10.1. The zero-order chi connectivity index (χ0) is 13.9. The zero-order valence-corrected chi connectivity index (χ0v) is 12.2. The molecule has 20 heavy (non-hydrogen) atoms. The van der Waals surface area contributed by atoms with Crippen molar-refractivity contribution < 1.29 is 9.53 Å². The van der Waals surface area contributed by atoms with Gasteiger partial charge in [-0.3, -0.25) is 4.79 Å². The Morgan fingerprint density at radius 3 is 3.20 bits per heavy atom. The highest BCUT2D eigenvalue weighted by Crippen LogP contribution is 2.34. The minimum atomic E-state index is -0.0939. The van der Waals surface area contributed by atoms with E-state index in [0.29, 0.717) is 13.0 Å². The van der Waals surface area contributed by atoms with E-state index in [2.05, 4.69) is 16.8 Å². The van der Waals surface area contributed by atoms with Crippen LogP contribution in [-0.2, 0) is 16.0 Å². The van der Waals surface area contributed by atoms with Crippen LogP contribution < -0.4 is 5.32 Å². The second-order valence-corrected chi connectivity index (χ2v) is 5.99. The predicted molar refractivity (Wildman–Crippen MR) is 81.1 cm³/mol. The van der Waals surface area contributed by atoms with Gasteiger partial charge in [-0.05, 0) is 48.1 Å². The molecule has 1 aromatic heterocycles. The van der Waals surface area contributed by atoms with Crippen LogP contribution in [0.4, 0.5) is 5.69 Å². The van der Waals surface area contributed by atoms with Gasteiger partial charge >= 0.3 is 0 Å². The Kier molecular flexibility index (Phi) is 3.85. The number of hydrogen-bond acceptors (Lipinski definition) is 3. The minimum Gasteiger partial charge on any atom is -0.372 e. The quantitative estimate of drug-likeness (QED) is 0.934. The summed E-state index contributed by atoms with van der Waals surface area (Å²) < 4.78 is 5.74. The highest BCUT2D eigenvalue weighted by atomic mass is 32.1. The molecule has 1 atom stereocenters. The Morgan fingerprint density at radius 2 is 2.35 bits per heavy atom. The molecule has 2 heterocycles. The summed E-state index contributed by atoms with van der Waals surface area (Å²) in [5.74, 6) is 0.00171. The first-order valence-electron chi connectivity index (χ1n) is 6.77. The molecule has 0 aliphatic carbocycles. The molecule has 0 fully saturated rings. The predicted octanol–water partition coefficient (Wildman–Crippen LogP) is 3.70. The van der Waals surface area contributed by atoms with Gasteiger partial charge in [0.2, 0.25) is 5.91 Å². The summed E-state index contributed by atoms with van der Waals surface area (Å²) in [6, 6.07) is 9.96. The van der Waals surface area contributed by atoms with Crippen LogP contribution in [0.3, 0.4) is 0 Å².